The van der Waals surface area contributed by atoms with Crippen molar-refractivity contribution in [2.75, 3.05) is 11.9 Å². The second kappa shape index (κ2) is 7.84. The highest BCUT2D eigenvalue weighted by atomic mass is 35.5. The van der Waals surface area contributed by atoms with Gasteiger partial charge in [0.1, 0.15) is 11.6 Å². The molecule has 154 valence electrons. The van der Waals surface area contributed by atoms with Crippen molar-refractivity contribution in [1.29, 1.82) is 0 Å². The topological polar surface area (TPSA) is 118 Å². The number of hydrogen-bond donors (Lipinski definition) is 3. The Labute approximate surface area is 169 Å². The van der Waals surface area contributed by atoms with Crippen molar-refractivity contribution >= 4 is 34.8 Å². The van der Waals surface area contributed by atoms with Crippen LogP contribution in [0.5, 0.6) is 0 Å². The van der Waals surface area contributed by atoms with Gasteiger partial charge in [-0.05, 0) is 13.8 Å². The van der Waals surface area contributed by atoms with Crippen molar-refractivity contribution in [2.24, 2.45) is 0 Å². The summed E-state index contributed by atoms with van der Waals surface area (Å²) < 4.78 is 26.9. The Morgan fingerprint density at radius 2 is 2.34 bits per heavy atom. The van der Waals surface area contributed by atoms with E-state index in [1.165, 1.54) is 6.20 Å². The number of halogens is 2. The zero-order valence-electron chi connectivity index (χ0n) is 15.6. The summed E-state index contributed by atoms with van der Waals surface area (Å²) in [6.07, 6.45) is 0.589. The lowest BCUT2D eigenvalue weighted by molar-refractivity contribution is 0.0615. The number of ether oxygens (including phenoxy) is 2. The Hall–Kier alpha value is -2.92. The lowest BCUT2D eigenvalue weighted by atomic mass is 10.1. The molecule has 0 unspecified atom stereocenters. The van der Waals surface area contributed by atoms with Gasteiger partial charge in [0.25, 0.3) is 0 Å². The molecule has 3 atom stereocenters. The molecule has 3 aromatic heterocycles. The van der Waals surface area contributed by atoms with Crippen LogP contribution < -0.4 is 10.6 Å². The standard InChI is InChI=1S/C17H19ClFN7O3/c1-8(2)22-17(27)29-11-7-28-15(13(11)19)10-5-12(25-24-10)23-16-14-9(18)6-21-26(14)4-3-20-16/h3-6,8,11,13,15H,7H2,1-2H3,(H,22,27)(H2,20,23,24,25)/t11-,13+,15-/m0/s1. The van der Waals surface area contributed by atoms with Gasteiger partial charge < -0.3 is 20.1 Å². The third kappa shape index (κ3) is 3.96. The molecule has 0 aliphatic carbocycles. The predicted octanol–water partition coefficient (Wildman–Crippen LogP) is 2.76. The second-order valence-electron chi connectivity index (χ2n) is 6.84. The van der Waals surface area contributed by atoms with Crippen LogP contribution in [0.1, 0.15) is 25.6 Å². The molecule has 3 aromatic rings. The molecule has 0 saturated carbocycles. The lowest BCUT2D eigenvalue weighted by Gasteiger charge is -2.16. The summed E-state index contributed by atoms with van der Waals surface area (Å²) in [5.41, 5.74) is 0.991. The molecule has 3 N–H and O–H groups in total. The predicted molar refractivity (Wildman–Crippen MR) is 102 cm³/mol. The first-order valence-corrected chi connectivity index (χ1v) is 9.33. The minimum atomic E-state index is -1.54. The average molecular weight is 424 g/mol. The number of alkyl carbamates (subject to hydrolysis) is 1. The van der Waals surface area contributed by atoms with Crippen molar-refractivity contribution in [3.05, 3.63) is 35.4 Å². The van der Waals surface area contributed by atoms with Crippen LogP contribution in [0.4, 0.5) is 20.8 Å². The summed E-state index contributed by atoms with van der Waals surface area (Å²) in [4.78, 5) is 16.0. The number of alkyl halides is 1. The van der Waals surface area contributed by atoms with Crippen LogP contribution in [0.25, 0.3) is 5.52 Å². The maximum absolute atomic E-state index is 14.8. The molecule has 4 rings (SSSR count). The third-order valence-corrected chi connectivity index (χ3v) is 4.56. The molecule has 1 aliphatic heterocycles. The number of fused-ring (bicyclic) bond motifs is 1. The van der Waals surface area contributed by atoms with Gasteiger partial charge in [-0.3, -0.25) is 5.10 Å². The van der Waals surface area contributed by atoms with Crippen LogP contribution in [-0.4, -0.2) is 55.8 Å². The summed E-state index contributed by atoms with van der Waals surface area (Å²) in [5, 5.41) is 17.0. The highest BCUT2D eigenvalue weighted by Crippen LogP contribution is 2.34. The number of rotatable bonds is 5. The molecule has 1 saturated heterocycles. The summed E-state index contributed by atoms with van der Waals surface area (Å²) in [5.74, 6) is 0.847. The Kier molecular flexibility index (Phi) is 5.24. The minimum Gasteiger partial charge on any atom is -0.441 e. The lowest BCUT2D eigenvalue weighted by Crippen LogP contribution is -2.36. The molecule has 4 heterocycles. The van der Waals surface area contributed by atoms with Crippen LogP contribution in [0.3, 0.4) is 0 Å². The molecule has 0 radical (unpaired) electrons. The molecule has 0 bridgehead atoms. The molecule has 1 fully saturated rings. The molecular formula is C17H19ClFN7O3. The average Bonchev–Trinajstić information content (AvgIpc) is 3.36. The van der Waals surface area contributed by atoms with Crippen LogP contribution >= 0.6 is 11.6 Å². The van der Waals surface area contributed by atoms with Crippen molar-refractivity contribution in [3.8, 4) is 0 Å². The van der Waals surface area contributed by atoms with E-state index in [0.717, 1.165) is 0 Å². The monoisotopic (exact) mass is 423 g/mol. The summed E-state index contributed by atoms with van der Waals surface area (Å²) >= 11 is 6.15. The fourth-order valence-corrected chi connectivity index (χ4v) is 3.23. The first-order valence-electron chi connectivity index (χ1n) is 8.95. The number of hydrogen-bond acceptors (Lipinski definition) is 7. The number of carbonyl (C=O) groups is 1. The van der Waals surface area contributed by atoms with E-state index in [-0.39, 0.29) is 12.6 Å². The molecular weight excluding hydrogens is 405 g/mol. The smallest absolute Gasteiger partial charge is 0.407 e. The van der Waals surface area contributed by atoms with Gasteiger partial charge in [0.2, 0.25) is 0 Å². The van der Waals surface area contributed by atoms with Gasteiger partial charge >= 0.3 is 6.09 Å². The van der Waals surface area contributed by atoms with E-state index in [0.29, 0.717) is 27.9 Å². The van der Waals surface area contributed by atoms with E-state index in [2.05, 4.69) is 30.9 Å². The van der Waals surface area contributed by atoms with Crippen molar-refractivity contribution in [3.63, 3.8) is 0 Å². The molecule has 29 heavy (non-hydrogen) atoms. The van der Waals surface area contributed by atoms with Gasteiger partial charge in [-0.15, -0.1) is 0 Å². The Balaban J connectivity index is 1.45. The Morgan fingerprint density at radius 3 is 3.14 bits per heavy atom. The maximum Gasteiger partial charge on any atom is 0.407 e. The quantitative estimate of drug-likeness (QED) is 0.577. The van der Waals surface area contributed by atoms with Gasteiger partial charge in [0.05, 0.1) is 23.5 Å². The van der Waals surface area contributed by atoms with Gasteiger partial charge in [0, 0.05) is 24.5 Å². The van der Waals surface area contributed by atoms with E-state index < -0.39 is 24.5 Å². The van der Waals surface area contributed by atoms with E-state index in [1.807, 2.05) is 0 Å². The van der Waals surface area contributed by atoms with Gasteiger partial charge in [-0.1, -0.05) is 11.6 Å². The zero-order chi connectivity index (χ0) is 20.5. The Morgan fingerprint density at radius 1 is 1.52 bits per heavy atom. The van der Waals surface area contributed by atoms with Crippen LogP contribution in [0, 0.1) is 0 Å². The van der Waals surface area contributed by atoms with E-state index in [1.54, 1.807) is 36.8 Å². The number of nitrogens with zero attached hydrogens (tertiary/aromatic N) is 4. The van der Waals surface area contributed by atoms with Crippen LogP contribution in [-0.2, 0) is 9.47 Å². The molecule has 0 spiro atoms. The normalized spacial score (nSPS) is 21.6. The summed E-state index contributed by atoms with van der Waals surface area (Å²) in [6.45, 7) is 3.52. The molecule has 12 heteroatoms. The number of aromatic amines is 1. The van der Waals surface area contributed by atoms with E-state index in [4.69, 9.17) is 21.1 Å². The number of anilines is 2. The maximum atomic E-state index is 14.8. The van der Waals surface area contributed by atoms with E-state index in [9.17, 15) is 9.18 Å². The van der Waals surface area contributed by atoms with Gasteiger partial charge in [-0.2, -0.15) is 10.2 Å². The Bertz CT molecular complexity index is 1020. The highest BCUT2D eigenvalue weighted by molar-refractivity contribution is 6.34. The van der Waals surface area contributed by atoms with Gasteiger partial charge in [0.15, 0.2) is 23.9 Å². The highest BCUT2D eigenvalue weighted by Gasteiger charge is 2.42. The van der Waals surface area contributed by atoms with Crippen molar-refractivity contribution in [1.82, 2.24) is 30.1 Å². The zero-order valence-corrected chi connectivity index (χ0v) is 16.4. The number of amides is 1. The SMILES string of the molecule is CC(C)NC(=O)O[C@H]1CO[C@@H](c2cc(Nc3nccn4ncc(Cl)c34)n[nH]2)[C@@H]1F. The molecule has 10 nitrogen and oxygen atoms in total. The number of nitrogens with one attached hydrogen (secondary N) is 3. The van der Waals surface area contributed by atoms with E-state index >= 15 is 0 Å². The fourth-order valence-electron chi connectivity index (χ4n) is 3.01. The minimum absolute atomic E-state index is 0.0502. The first kappa shape index (κ1) is 19.4. The van der Waals surface area contributed by atoms with Crippen LogP contribution in [0.2, 0.25) is 5.02 Å². The number of carbonyl (C=O) groups excluding carboxylic acids is 1. The van der Waals surface area contributed by atoms with Crippen molar-refractivity contribution < 1.29 is 18.7 Å². The van der Waals surface area contributed by atoms with Crippen molar-refractivity contribution in [2.45, 2.75) is 38.3 Å². The fraction of sp³-hybridized carbons (Fsp3) is 0.412. The third-order valence-electron chi connectivity index (χ3n) is 4.29. The number of aromatic nitrogens is 5. The van der Waals surface area contributed by atoms with Gasteiger partial charge in [-0.25, -0.2) is 18.7 Å². The molecule has 1 aliphatic rings. The molecule has 0 aromatic carbocycles. The summed E-state index contributed by atoms with van der Waals surface area (Å²) in [7, 11) is 0. The largest absolute Gasteiger partial charge is 0.441 e. The molecule has 1 amide bonds. The number of H-pyrrole nitrogens is 1. The first-order chi connectivity index (χ1) is 13.9. The summed E-state index contributed by atoms with van der Waals surface area (Å²) in [6, 6.07) is 1.49. The second-order valence-corrected chi connectivity index (χ2v) is 7.24. The van der Waals surface area contributed by atoms with Crippen LogP contribution in [0.15, 0.2) is 24.7 Å².